The van der Waals surface area contributed by atoms with Crippen molar-refractivity contribution in [3.63, 3.8) is 0 Å². The van der Waals surface area contributed by atoms with Crippen LogP contribution in [0.2, 0.25) is 0 Å². The molecule has 1 aliphatic rings. The summed E-state index contributed by atoms with van der Waals surface area (Å²) in [7, 11) is 0. The maximum absolute atomic E-state index is 12.0. The van der Waals surface area contributed by atoms with Crippen LogP contribution in [0.3, 0.4) is 0 Å². The number of hydrogen-bond donors (Lipinski definition) is 1. The van der Waals surface area contributed by atoms with Crippen LogP contribution in [0.4, 0.5) is 4.79 Å². The highest BCUT2D eigenvalue weighted by Gasteiger charge is 2.53. The van der Waals surface area contributed by atoms with E-state index >= 15 is 0 Å². The molecule has 0 bridgehead atoms. The van der Waals surface area contributed by atoms with Crippen LogP contribution in [0, 0.1) is 0 Å². The Bertz CT molecular complexity index is 293. The molecule has 0 N–H and O–H groups in total. The predicted octanol–water partition coefficient (Wildman–Crippen LogP) is 1.37. The second-order valence-electron chi connectivity index (χ2n) is 4.23. The number of thiol groups is 1. The monoisotopic (exact) mass is 230 g/mol. The molecule has 0 aromatic carbocycles. The fraction of sp³-hybridized carbons (Fsp3) is 0.800. The molecule has 1 aliphatic heterocycles. The van der Waals surface area contributed by atoms with Crippen LogP contribution in [-0.4, -0.2) is 45.6 Å². The van der Waals surface area contributed by atoms with E-state index in [1.807, 2.05) is 13.8 Å². The highest BCUT2D eigenvalue weighted by atomic mass is 32.1. The SMILES string of the molecule is CCN1C(=O)N(C(C)C)C(C)(CS)C1=O. The lowest BCUT2D eigenvalue weighted by Gasteiger charge is -2.33. The molecule has 1 saturated heterocycles. The van der Waals surface area contributed by atoms with Gasteiger partial charge in [-0.05, 0) is 27.7 Å². The first kappa shape index (κ1) is 12.4. The van der Waals surface area contributed by atoms with Gasteiger partial charge in [0.1, 0.15) is 5.54 Å². The van der Waals surface area contributed by atoms with Crippen LogP contribution < -0.4 is 0 Å². The molecule has 86 valence electrons. The first-order valence-electron chi connectivity index (χ1n) is 5.16. The van der Waals surface area contributed by atoms with Crippen molar-refractivity contribution in [3.8, 4) is 0 Å². The molecule has 3 amide bonds. The Hall–Kier alpha value is -0.710. The highest BCUT2D eigenvalue weighted by Crippen LogP contribution is 2.30. The number of carbonyl (C=O) groups excluding carboxylic acids is 2. The maximum Gasteiger partial charge on any atom is 0.327 e. The third-order valence-electron chi connectivity index (χ3n) is 2.82. The van der Waals surface area contributed by atoms with Crippen molar-refractivity contribution >= 4 is 24.6 Å². The van der Waals surface area contributed by atoms with E-state index < -0.39 is 5.54 Å². The smallest absolute Gasteiger partial charge is 0.307 e. The zero-order valence-corrected chi connectivity index (χ0v) is 10.5. The van der Waals surface area contributed by atoms with Crippen LogP contribution in [0.1, 0.15) is 27.7 Å². The van der Waals surface area contributed by atoms with Gasteiger partial charge in [0.15, 0.2) is 0 Å². The van der Waals surface area contributed by atoms with Gasteiger partial charge < -0.3 is 4.90 Å². The summed E-state index contributed by atoms with van der Waals surface area (Å²) in [5.41, 5.74) is -0.787. The molecule has 1 unspecified atom stereocenters. The molecular weight excluding hydrogens is 212 g/mol. The summed E-state index contributed by atoms with van der Waals surface area (Å²) < 4.78 is 0. The van der Waals surface area contributed by atoms with Crippen molar-refractivity contribution in [2.75, 3.05) is 12.3 Å². The van der Waals surface area contributed by atoms with E-state index in [2.05, 4.69) is 12.6 Å². The van der Waals surface area contributed by atoms with Gasteiger partial charge in [-0.3, -0.25) is 9.69 Å². The molecule has 0 aromatic heterocycles. The molecule has 4 nitrogen and oxygen atoms in total. The fourth-order valence-electron chi connectivity index (χ4n) is 2.04. The number of rotatable bonds is 3. The number of hydrogen-bond acceptors (Lipinski definition) is 3. The van der Waals surface area contributed by atoms with E-state index in [1.54, 1.807) is 18.7 Å². The van der Waals surface area contributed by atoms with Crippen molar-refractivity contribution < 1.29 is 9.59 Å². The number of urea groups is 1. The van der Waals surface area contributed by atoms with Crippen molar-refractivity contribution in [2.24, 2.45) is 0 Å². The van der Waals surface area contributed by atoms with Gasteiger partial charge in [0.2, 0.25) is 0 Å². The minimum absolute atomic E-state index is 0.00940. The standard InChI is InChI=1S/C10H18N2O2S/c1-5-11-8(13)10(4,6-15)12(7(2)3)9(11)14/h7,15H,5-6H2,1-4H3. The number of amides is 3. The Morgan fingerprint density at radius 1 is 1.40 bits per heavy atom. The van der Waals surface area contributed by atoms with Crippen molar-refractivity contribution in [1.29, 1.82) is 0 Å². The van der Waals surface area contributed by atoms with Crippen molar-refractivity contribution in [1.82, 2.24) is 9.80 Å². The minimum atomic E-state index is -0.787. The molecule has 1 heterocycles. The minimum Gasteiger partial charge on any atom is -0.307 e. The summed E-state index contributed by atoms with van der Waals surface area (Å²) in [4.78, 5) is 26.9. The first-order valence-corrected chi connectivity index (χ1v) is 5.79. The third kappa shape index (κ3) is 1.62. The van der Waals surface area contributed by atoms with Gasteiger partial charge in [0.25, 0.3) is 5.91 Å². The van der Waals surface area contributed by atoms with Gasteiger partial charge >= 0.3 is 6.03 Å². The molecule has 0 saturated carbocycles. The second kappa shape index (κ2) is 4.04. The van der Waals surface area contributed by atoms with E-state index in [0.29, 0.717) is 12.3 Å². The van der Waals surface area contributed by atoms with Gasteiger partial charge in [0.05, 0.1) is 0 Å². The van der Waals surface area contributed by atoms with Gasteiger partial charge in [-0.15, -0.1) is 0 Å². The molecule has 1 fully saturated rings. The van der Waals surface area contributed by atoms with Crippen LogP contribution in [0.25, 0.3) is 0 Å². The largest absolute Gasteiger partial charge is 0.327 e. The number of carbonyl (C=O) groups is 2. The van der Waals surface area contributed by atoms with Gasteiger partial charge in [-0.25, -0.2) is 4.79 Å². The van der Waals surface area contributed by atoms with Crippen LogP contribution in [0.15, 0.2) is 0 Å². The Kier molecular flexibility index (Phi) is 3.33. The second-order valence-corrected chi connectivity index (χ2v) is 4.54. The summed E-state index contributed by atoms with van der Waals surface area (Å²) in [5, 5.41) is 0. The molecule has 0 aromatic rings. The van der Waals surface area contributed by atoms with Crippen molar-refractivity contribution in [3.05, 3.63) is 0 Å². The summed E-state index contributed by atoms with van der Waals surface area (Å²) in [6.45, 7) is 7.82. The third-order valence-corrected chi connectivity index (χ3v) is 3.43. The number of imide groups is 1. The predicted molar refractivity (Wildman–Crippen MR) is 62.0 cm³/mol. The highest BCUT2D eigenvalue weighted by molar-refractivity contribution is 7.80. The van der Waals surface area contributed by atoms with Crippen LogP contribution in [0.5, 0.6) is 0 Å². The maximum atomic E-state index is 12.0. The topological polar surface area (TPSA) is 40.6 Å². The average molecular weight is 230 g/mol. The van der Waals surface area contributed by atoms with Crippen LogP contribution in [-0.2, 0) is 4.79 Å². The van der Waals surface area contributed by atoms with Crippen LogP contribution >= 0.6 is 12.6 Å². The quantitative estimate of drug-likeness (QED) is 0.587. The molecule has 15 heavy (non-hydrogen) atoms. The lowest BCUT2D eigenvalue weighted by Crippen LogP contribution is -2.51. The molecule has 0 radical (unpaired) electrons. The van der Waals surface area contributed by atoms with E-state index in [4.69, 9.17) is 0 Å². The number of likely N-dealkylation sites (N-methyl/N-ethyl adjacent to an activating group) is 1. The molecule has 0 spiro atoms. The summed E-state index contributed by atoms with van der Waals surface area (Å²) in [5.74, 6) is 0.213. The Balaban J connectivity index is 3.15. The zero-order valence-electron chi connectivity index (χ0n) is 9.65. The van der Waals surface area contributed by atoms with Gasteiger partial charge in [-0.2, -0.15) is 12.6 Å². The summed E-state index contributed by atoms with van der Waals surface area (Å²) in [6, 6.07) is -0.191. The van der Waals surface area contributed by atoms with Gasteiger partial charge in [0, 0.05) is 18.3 Å². The number of nitrogens with zero attached hydrogens (tertiary/aromatic N) is 2. The van der Waals surface area contributed by atoms with E-state index in [1.165, 1.54) is 4.90 Å². The first-order chi connectivity index (χ1) is 6.90. The molecule has 1 rings (SSSR count). The lowest BCUT2D eigenvalue weighted by molar-refractivity contribution is -0.131. The summed E-state index contributed by atoms with van der Waals surface area (Å²) >= 11 is 4.19. The molecule has 1 atom stereocenters. The lowest BCUT2D eigenvalue weighted by atomic mass is 10.0. The normalized spacial score (nSPS) is 27.1. The van der Waals surface area contributed by atoms with E-state index in [9.17, 15) is 9.59 Å². The Labute approximate surface area is 96.0 Å². The molecule has 0 aliphatic carbocycles. The molecular formula is C10H18N2O2S. The zero-order chi connectivity index (χ0) is 11.8. The Morgan fingerprint density at radius 2 is 1.93 bits per heavy atom. The van der Waals surface area contributed by atoms with E-state index in [0.717, 1.165) is 0 Å². The Morgan fingerprint density at radius 3 is 2.20 bits per heavy atom. The molecule has 5 heteroatoms. The van der Waals surface area contributed by atoms with E-state index in [-0.39, 0.29) is 18.0 Å². The van der Waals surface area contributed by atoms with Gasteiger partial charge in [-0.1, -0.05) is 0 Å². The fourth-order valence-corrected chi connectivity index (χ4v) is 2.32. The van der Waals surface area contributed by atoms with Crippen molar-refractivity contribution in [2.45, 2.75) is 39.3 Å². The average Bonchev–Trinajstić information content (AvgIpc) is 2.36. The summed E-state index contributed by atoms with van der Waals surface area (Å²) in [6.07, 6.45) is 0.